The fraction of sp³-hybridized carbons (Fsp3) is 0.793. The van der Waals surface area contributed by atoms with E-state index in [1.807, 2.05) is 0 Å². The zero-order chi connectivity index (χ0) is 23.6. The molecule has 0 radical (unpaired) electrons. The van der Waals surface area contributed by atoms with Gasteiger partial charge in [-0.2, -0.15) is 0 Å². The normalized spacial score (nSPS) is 42.6. The van der Waals surface area contributed by atoms with E-state index in [0.29, 0.717) is 42.2 Å². The largest absolute Gasteiger partial charge is 0.321 e. The molecule has 0 bridgehead atoms. The minimum Gasteiger partial charge on any atom is -0.321 e. The molecule has 0 amide bonds. The Balaban J connectivity index is 1.67. The van der Waals surface area contributed by atoms with Crippen molar-refractivity contribution in [1.82, 2.24) is 0 Å². The van der Waals surface area contributed by atoms with Crippen LogP contribution in [0.25, 0.3) is 0 Å². The predicted molar refractivity (Wildman–Crippen MR) is 131 cm³/mol. The molecule has 3 nitrogen and oxygen atoms in total. The third kappa shape index (κ3) is 3.24. The summed E-state index contributed by atoms with van der Waals surface area (Å²) in [6, 6.07) is 0. The van der Waals surface area contributed by atoms with Crippen molar-refractivity contribution in [2.75, 3.05) is 0 Å². The lowest BCUT2D eigenvalue weighted by molar-refractivity contribution is -0.133. The zero-order valence-corrected chi connectivity index (χ0v) is 21.4. The fourth-order valence-corrected chi connectivity index (χ4v) is 8.49. The maximum absolute atomic E-state index is 13.9. The highest BCUT2D eigenvalue weighted by Crippen LogP contribution is 2.66. The van der Waals surface area contributed by atoms with E-state index < -0.39 is 0 Å². The van der Waals surface area contributed by atoms with Gasteiger partial charge < -0.3 is 5.73 Å². The molecule has 0 saturated heterocycles. The van der Waals surface area contributed by atoms with Crippen molar-refractivity contribution in [3.63, 3.8) is 0 Å². The Labute approximate surface area is 195 Å². The van der Waals surface area contributed by atoms with E-state index >= 15 is 0 Å². The van der Waals surface area contributed by atoms with E-state index in [1.54, 1.807) is 0 Å². The standard InChI is InChI=1S/C29H45NO2/c1-17(2)18(3)8-9-19(4)21-12-15-29(30)23-11-10-22-20(5)24(31)13-14-27(22,6)26(23)25(32)16-28(21,29)7/h17,19-22H,3,8-16,30H2,1-2,4-7H3/t19-,20+,21-,22+,27+,28-,29-/m1/s1. The Morgan fingerprint density at radius 2 is 1.81 bits per heavy atom. The molecule has 2 N–H and O–H groups in total. The molecule has 0 spiro atoms. The summed E-state index contributed by atoms with van der Waals surface area (Å²) >= 11 is 0. The molecule has 0 aliphatic heterocycles. The average molecular weight is 440 g/mol. The van der Waals surface area contributed by atoms with E-state index in [4.69, 9.17) is 5.73 Å². The van der Waals surface area contributed by atoms with E-state index in [-0.39, 0.29) is 28.2 Å². The van der Waals surface area contributed by atoms with Crippen LogP contribution in [0.1, 0.15) is 99.3 Å². The molecule has 0 unspecified atom stereocenters. The molecule has 0 aromatic carbocycles. The van der Waals surface area contributed by atoms with Crippen LogP contribution < -0.4 is 5.73 Å². The quantitative estimate of drug-likeness (QED) is 0.503. The molecule has 4 aliphatic carbocycles. The summed E-state index contributed by atoms with van der Waals surface area (Å²) in [7, 11) is 0. The SMILES string of the molecule is C=C(CC[C@@H](C)[C@H]1CC[C@@]2(N)C3=C(C(=O)C[C@]12C)[C@@]1(C)CCC(=O)[C@@H](C)[C@@H]1CC3)C(C)C. The van der Waals surface area contributed by atoms with Gasteiger partial charge in [0.05, 0.1) is 0 Å². The Bertz CT molecular complexity index is 868. The van der Waals surface area contributed by atoms with Crippen LogP contribution >= 0.6 is 0 Å². The van der Waals surface area contributed by atoms with Gasteiger partial charge in [0.25, 0.3) is 0 Å². The van der Waals surface area contributed by atoms with Crippen LogP contribution in [0.3, 0.4) is 0 Å². The molecule has 2 fully saturated rings. The van der Waals surface area contributed by atoms with Crippen LogP contribution in [0.5, 0.6) is 0 Å². The predicted octanol–water partition coefficient (Wildman–Crippen LogP) is 6.41. The van der Waals surface area contributed by atoms with Gasteiger partial charge in [0.15, 0.2) is 5.78 Å². The van der Waals surface area contributed by atoms with Crippen molar-refractivity contribution in [3.8, 4) is 0 Å². The lowest BCUT2D eigenvalue weighted by atomic mass is 9.47. The van der Waals surface area contributed by atoms with Crippen molar-refractivity contribution in [2.24, 2.45) is 46.2 Å². The zero-order valence-electron chi connectivity index (χ0n) is 21.4. The molecular weight excluding hydrogens is 394 g/mol. The molecule has 4 rings (SSSR count). The molecule has 3 heteroatoms. The van der Waals surface area contributed by atoms with Gasteiger partial charge in [-0.25, -0.2) is 0 Å². The van der Waals surface area contributed by atoms with E-state index in [0.717, 1.165) is 50.5 Å². The van der Waals surface area contributed by atoms with Crippen molar-refractivity contribution in [1.29, 1.82) is 0 Å². The number of carbonyl (C=O) groups is 2. The topological polar surface area (TPSA) is 60.2 Å². The number of hydrogen-bond acceptors (Lipinski definition) is 3. The number of allylic oxidation sites excluding steroid dienone is 2. The van der Waals surface area contributed by atoms with Gasteiger partial charge in [-0.15, -0.1) is 0 Å². The first-order valence-corrected chi connectivity index (χ1v) is 13.1. The van der Waals surface area contributed by atoms with Crippen LogP contribution in [0.15, 0.2) is 23.3 Å². The highest BCUT2D eigenvalue weighted by atomic mass is 16.1. The summed E-state index contributed by atoms with van der Waals surface area (Å²) < 4.78 is 0. The van der Waals surface area contributed by atoms with E-state index in [1.165, 1.54) is 11.1 Å². The Hall–Kier alpha value is -1.22. The molecule has 7 atom stereocenters. The monoisotopic (exact) mass is 439 g/mol. The van der Waals surface area contributed by atoms with Gasteiger partial charge >= 0.3 is 0 Å². The molecule has 0 heterocycles. The fourth-order valence-electron chi connectivity index (χ4n) is 8.49. The average Bonchev–Trinajstić information content (AvgIpc) is 3.00. The van der Waals surface area contributed by atoms with Gasteiger partial charge in [0, 0.05) is 29.9 Å². The number of hydrogen-bond donors (Lipinski definition) is 1. The molecule has 178 valence electrons. The molecular formula is C29H45NO2. The number of fused-ring (bicyclic) bond motifs is 4. The third-order valence-electron chi connectivity index (χ3n) is 10.9. The smallest absolute Gasteiger partial charge is 0.160 e. The van der Waals surface area contributed by atoms with Crippen LogP contribution in [-0.4, -0.2) is 17.1 Å². The molecule has 0 aromatic heterocycles. The number of ketones is 2. The summed E-state index contributed by atoms with van der Waals surface area (Å²) in [5.41, 5.74) is 10.3. The molecule has 4 aliphatic rings. The second kappa shape index (κ2) is 7.93. The highest BCUT2D eigenvalue weighted by molar-refractivity contribution is 6.00. The van der Waals surface area contributed by atoms with E-state index in [9.17, 15) is 9.59 Å². The Morgan fingerprint density at radius 3 is 2.47 bits per heavy atom. The minimum absolute atomic E-state index is 0.0584. The van der Waals surface area contributed by atoms with Crippen molar-refractivity contribution in [3.05, 3.63) is 23.3 Å². The van der Waals surface area contributed by atoms with Crippen LogP contribution in [-0.2, 0) is 9.59 Å². The van der Waals surface area contributed by atoms with Crippen LogP contribution in [0.2, 0.25) is 0 Å². The van der Waals surface area contributed by atoms with Gasteiger partial charge in [-0.1, -0.05) is 53.7 Å². The first kappa shape index (κ1) is 23.9. The van der Waals surface area contributed by atoms with Crippen molar-refractivity contribution >= 4 is 11.6 Å². The van der Waals surface area contributed by atoms with Crippen LogP contribution in [0.4, 0.5) is 0 Å². The van der Waals surface area contributed by atoms with Crippen LogP contribution in [0, 0.1) is 40.4 Å². The summed E-state index contributed by atoms with van der Waals surface area (Å²) in [4.78, 5) is 26.3. The van der Waals surface area contributed by atoms with Crippen molar-refractivity contribution < 1.29 is 9.59 Å². The number of carbonyl (C=O) groups excluding carboxylic acids is 2. The minimum atomic E-state index is -0.372. The highest BCUT2D eigenvalue weighted by Gasteiger charge is 2.64. The lowest BCUT2D eigenvalue weighted by Crippen LogP contribution is -2.61. The third-order valence-corrected chi connectivity index (χ3v) is 10.9. The molecule has 2 saturated carbocycles. The van der Waals surface area contributed by atoms with Gasteiger partial charge in [-0.3, -0.25) is 9.59 Å². The van der Waals surface area contributed by atoms with Gasteiger partial charge in [0.2, 0.25) is 0 Å². The van der Waals surface area contributed by atoms with E-state index in [2.05, 4.69) is 48.1 Å². The summed E-state index contributed by atoms with van der Waals surface area (Å²) in [6.07, 6.45) is 8.19. The first-order chi connectivity index (χ1) is 14.9. The maximum Gasteiger partial charge on any atom is 0.160 e. The van der Waals surface area contributed by atoms with Gasteiger partial charge in [-0.05, 0) is 85.0 Å². The summed E-state index contributed by atoms with van der Waals surface area (Å²) in [6.45, 7) is 17.8. The lowest BCUT2D eigenvalue weighted by Gasteiger charge is -2.58. The Morgan fingerprint density at radius 1 is 1.12 bits per heavy atom. The first-order valence-electron chi connectivity index (χ1n) is 13.1. The Kier molecular flexibility index (Phi) is 5.93. The molecule has 0 aromatic rings. The summed E-state index contributed by atoms with van der Waals surface area (Å²) in [5, 5.41) is 0. The second-order valence-corrected chi connectivity index (χ2v) is 12.6. The molecule has 32 heavy (non-hydrogen) atoms. The van der Waals surface area contributed by atoms with Crippen molar-refractivity contribution in [2.45, 2.75) is 105 Å². The number of rotatable bonds is 5. The number of nitrogens with two attached hydrogens (primary N) is 1. The summed E-state index contributed by atoms with van der Waals surface area (Å²) in [5.74, 6) is 2.60. The van der Waals surface area contributed by atoms with Gasteiger partial charge in [0.1, 0.15) is 5.78 Å². The second-order valence-electron chi connectivity index (χ2n) is 12.6. The maximum atomic E-state index is 13.9. The number of Topliss-reactive ketones (excluding diaryl/α,β-unsaturated/α-hetero) is 2.